The van der Waals surface area contributed by atoms with E-state index in [1.807, 2.05) is 4.90 Å². The standard InChI is InChI=1S/C26H30N4O6/c27-24(28)16-3-5-17(6-4-16)25(34)29-22(11-15-1-9-20(31)10-2-15)26(35)30-18-7-8-19(30)13-21(12-18)36-14-23(32)33/h1-6,9-10,18-19,21-22,31H,7-8,11-14H2,(H3,27,28)(H,29,34)(H,32,33)/t18?,19?,21?,22-/m0/s1. The minimum Gasteiger partial charge on any atom is -0.508 e. The molecule has 190 valence electrons. The number of carbonyl (C=O) groups excluding carboxylic acids is 2. The first-order chi connectivity index (χ1) is 17.2. The largest absolute Gasteiger partial charge is 0.508 e. The van der Waals surface area contributed by atoms with Crippen molar-refractivity contribution in [3.63, 3.8) is 0 Å². The Morgan fingerprint density at radius 1 is 1.03 bits per heavy atom. The average molecular weight is 495 g/mol. The number of nitrogen functional groups attached to an aromatic ring is 1. The van der Waals surface area contributed by atoms with Crippen molar-refractivity contribution in [3.05, 3.63) is 65.2 Å². The molecule has 0 radical (unpaired) electrons. The Hall–Kier alpha value is -3.92. The predicted octanol–water partition coefficient (Wildman–Crippen LogP) is 1.64. The summed E-state index contributed by atoms with van der Waals surface area (Å²) in [5.41, 5.74) is 7.11. The zero-order valence-corrected chi connectivity index (χ0v) is 19.7. The van der Waals surface area contributed by atoms with E-state index in [0.717, 1.165) is 18.4 Å². The Morgan fingerprint density at radius 3 is 2.17 bits per heavy atom. The van der Waals surface area contributed by atoms with Crippen LogP contribution in [0.2, 0.25) is 0 Å². The van der Waals surface area contributed by atoms with E-state index in [-0.39, 0.29) is 48.7 Å². The van der Waals surface area contributed by atoms with Gasteiger partial charge in [0, 0.05) is 29.6 Å². The van der Waals surface area contributed by atoms with Crippen molar-refractivity contribution >= 4 is 23.6 Å². The first-order valence-electron chi connectivity index (χ1n) is 11.9. The number of phenols is 1. The van der Waals surface area contributed by atoms with Gasteiger partial charge in [-0.3, -0.25) is 15.0 Å². The van der Waals surface area contributed by atoms with Crippen LogP contribution in [0.3, 0.4) is 0 Å². The fourth-order valence-corrected chi connectivity index (χ4v) is 5.10. The lowest BCUT2D eigenvalue weighted by molar-refractivity contribution is -0.149. The molecule has 10 nitrogen and oxygen atoms in total. The highest BCUT2D eigenvalue weighted by atomic mass is 16.5. The number of piperidine rings is 1. The summed E-state index contributed by atoms with van der Waals surface area (Å²) in [6.07, 6.45) is 2.74. The first kappa shape index (κ1) is 25.2. The number of nitrogens with two attached hydrogens (primary N) is 1. The van der Waals surface area contributed by atoms with E-state index < -0.39 is 17.9 Å². The third-order valence-corrected chi connectivity index (χ3v) is 6.82. The fraction of sp³-hybridized carbons (Fsp3) is 0.385. The zero-order valence-electron chi connectivity index (χ0n) is 19.7. The minimum atomic E-state index is -1.02. The van der Waals surface area contributed by atoms with Gasteiger partial charge in [-0.25, -0.2) is 4.79 Å². The van der Waals surface area contributed by atoms with Crippen LogP contribution >= 0.6 is 0 Å². The Kier molecular flexibility index (Phi) is 7.54. The van der Waals surface area contributed by atoms with Crippen molar-refractivity contribution in [2.75, 3.05) is 6.61 Å². The number of nitrogens with one attached hydrogen (secondary N) is 2. The molecule has 6 N–H and O–H groups in total. The molecule has 2 unspecified atom stereocenters. The number of hydrogen-bond acceptors (Lipinski definition) is 6. The molecule has 4 rings (SSSR count). The number of aliphatic carboxylic acids is 1. The van der Waals surface area contributed by atoms with Gasteiger partial charge in [-0.1, -0.05) is 24.3 Å². The van der Waals surface area contributed by atoms with Gasteiger partial charge in [0.2, 0.25) is 5.91 Å². The maximum absolute atomic E-state index is 13.8. The Morgan fingerprint density at radius 2 is 1.61 bits per heavy atom. The summed E-state index contributed by atoms with van der Waals surface area (Å²) in [7, 11) is 0. The molecule has 2 aliphatic heterocycles. The van der Waals surface area contributed by atoms with E-state index in [2.05, 4.69) is 5.32 Å². The summed E-state index contributed by atoms with van der Waals surface area (Å²) in [6, 6.07) is 11.8. The number of amides is 2. The van der Waals surface area contributed by atoms with Gasteiger partial charge in [-0.2, -0.15) is 0 Å². The lowest BCUT2D eigenvalue weighted by atomic mass is 9.96. The summed E-state index contributed by atoms with van der Waals surface area (Å²) in [5.74, 6) is -1.63. The second-order valence-corrected chi connectivity index (χ2v) is 9.32. The van der Waals surface area contributed by atoms with Crippen LogP contribution in [-0.2, 0) is 20.7 Å². The second kappa shape index (κ2) is 10.8. The van der Waals surface area contributed by atoms with Crippen LogP contribution in [0.4, 0.5) is 0 Å². The average Bonchev–Trinajstić information content (AvgIpc) is 3.12. The van der Waals surface area contributed by atoms with E-state index in [1.165, 1.54) is 12.1 Å². The van der Waals surface area contributed by atoms with Crippen molar-refractivity contribution in [2.45, 2.75) is 56.3 Å². The summed E-state index contributed by atoms with van der Waals surface area (Å²) in [5, 5.41) is 28.9. The molecular weight excluding hydrogens is 464 g/mol. The molecule has 0 aromatic heterocycles. The van der Waals surface area contributed by atoms with Crippen LogP contribution < -0.4 is 11.1 Å². The number of carboxylic acid groups (broad SMARTS) is 1. The number of fused-ring (bicyclic) bond motifs is 2. The van der Waals surface area contributed by atoms with E-state index in [0.29, 0.717) is 24.0 Å². The number of nitrogens with zero attached hydrogens (tertiary/aromatic N) is 1. The van der Waals surface area contributed by atoms with Gasteiger partial charge in [-0.15, -0.1) is 0 Å². The molecule has 0 aliphatic carbocycles. The number of phenolic OH excluding ortho intramolecular Hbond substituents is 1. The van der Waals surface area contributed by atoms with E-state index in [1.54, 1.807) is 36.4 Å². The van der Waals surface area contributed by atoms with Crippen molar-refractivity contribution in [2.24, 2.45) is 5.73 Å². The van der Waals surface area contributed by atoms with Gasteiger partial charge in [0.25, 0.3) is 5.91 Å². The minimum absolute atomic E-state index is 0.0795. The molecule has 2 heterocycles. The van der Waals surface area contributed by atoms with Gasteiger partial charge in [0.15, 0.2) is 0 Å². The van der Waals surface area contributed by atoms with Crippen molar-refractivity contribution in [3.8, 4) is 5.75 Å². The van der Waals surface area contributed by atoms with Gasteiger partial charge in [-0.05, 0) is 55.5 Å². The fourth-order valence-electron chi connectivity index (χ4n) is 5.10. The molecule has 36 heavy (non-hydrogen) atoms. The number of hydrogen-bond donors (Lipinski definition) is 5. The van der Waals surface area contributed by atoms with Crippen LogP contribution in [0, 0.1) is 5.41 Å². The maximum Gasteiger partial charge on any atom is 0.329 e. The normalized spacial score (nSPS) is 21.6. The van der Waals surface area contributed by atoms with Crippen LogP contribution in [0.1, 0.15) is 47.2 Å². The summed E-state index contributed by atoms with van der Waals surface area (Å²) >= 11 is 0. The van der Waals surface area contributed by atoms with Crippen LogP contribution in [0.15, 0.2) is 48.5 Å². The molecule has 10 heteroatoms. The molecule has 2 bridgehead atoms. The summed E-state index contributed by atoms with van der Waals surface area (Å²) in [6.45, 7) is -0.361. The first-order valence-corrected chi connectivity index (χ1v) is 11.9. The number of carboxylic acids is 1. The molecule has 0 spiro atoms. The quantitative estimate of drug-likeness (QED) is 0.261. The van der Waals surface area contributed by atoms with Crippen molar-refractivity contribution < 1.29 is 29.3 Å². The van der Waals surface area contributed by atoms with Gasteiger partial charge in [0.1, 0.15) is 24.2 Å². The number of benzene rings is 2. The molecule has 2 aromatic carbocycles. The molecule has 2 aliphatic rings. The molecule has 3 atom stereocenters. The molecule has 2 amide bonds. The number of ether oxygens (including phenoxy) is 1. The third-order valence-electron chi connectivity index (χ3n) is 6.82. The number of carbonyl (C=O) groups is 3. The van der Waals surface area contributed by atoms with Crippen molar-refractivity contribution in [1.82, 2.24) is 10.2 Å². The van der Waals surface area contributed by atoms with E-state index in [9.17, 15) is 19.5 Å². The topological polar surface area (TPSA) is 166 Å². The molecule has 2 saturated heterocycles. The Balaban J connectivity index is 1.52. The van der Waals surface area contributed by atoms with E-state index >= 15 is 0 Å². The highest BCUT2D eigenvalue weighted by Gasteiger charge is 2.45. The SMILES string of the molecule is N=C(N)c1ccc(C(=O)N[C@@H](Cc2ccc(O)cc2)C(=O)N2C3CCC2CC(OCC(=O)O)C3)cc1. The van der Waals surface area contributed by atoms with Crippen LogP contribution in [-0.4, -0.2) is 69.6 Å². The number of aromatic hydroxyl groups is 1. The van der Waals surface area contributed by atoms with E-state index in [4.69, 9.17) is 21.0 Å². The second-order valence-electron chi connectivity index (χ2n) is 9.32. The van der Waals surface area contributed by atoms with Crippen LogP contribution in [0.25, 0.3) is 0 Å². The summed E-state index contributed by atoms with van der Waals surface area (Å²) in [4.78, 5) is 39.6. The van der Waals surface area contributed by atoms with Gasteiger partial charge in [0.05, 0.1) is 6.10 Å². The maximum atomic E-state index is 13.8. The molecule has 0 saturated carbocycles. The lowest BCUT2D eigenvalue weighted by Crippen LogP contribution is -2.56. The lowest BCUT2D eigenvalue weighted by Gasteiger charge is -2.40. The van der Waals surface area contributed by atoms with Crippen LogP contribution in [0.5, 0.6) is 5.75 Å². The van der Waals surface area contributed by atoms with Gasteiger partial charge >= 0.3 is 5.97 Å². The predicted molar refractivity (Wildman–Crippen MR) is 131 cm³/mol. The Labute approximate surface area is 208 Å². The monoisotopic (exact) mass is 494 g/mol. The van der Waals surface area contributed by atoms with Gasteiger partial charge < -0.3 is 30.9 Å². The number of amidine groups is 1. The molecule has 2 aromatic rings. The number of rotatable bonds is 9. The molecular formula is C26H30N4O6. The Bertz CT molecular complexity index is 1120. The highest BCUT2D eigenvalue weighted by Crippen LogP contribution is 2.37. The summed E-state index contributed by atoms with van der Waals surface area (Å²) < 4.78 is 5.51. The highest BCUT2D eigenvalue weighted by molar-refractivity contribution is 6.00. The molecule has 2 fully saturated rings. The smallest absolute Gasteiger partial charge is 0.329 e. The van der Waals surface area contributed by atoms with Crippen molar-refractivity contribution in [1.29, 1.82) is 5.41 Å². The third kappa shape index (κ3) is 5.83. The zero-order chi connectivity index (χ0) is 25.8.